The molecule has 0 bridgehead atoms. The summed E-state index contributed by atoms with van der Waals surface area (Å²) in [5.74, 6) is 0.225. The topological polar surface area (TPSA) is 95.5 Å². The Kier molecular flexibility index (Phi) is 7.72. The Bertz CT molecular complexity index is 1440. The lowest BCUT2D eigenvalue weighted by Crippen LogP contribution is -2.18. The van der Waals surface area contributed by atoms with Gasteiger partial charge in [0.2, 0.25) is 5.75 Å². The Hall–Kier alpha value is -4.08. The third kappa shape index (κ3) is 5.12. The fourth-order valence-electron chi connectivity index (χ4n) is 3.41. The van der Waals surface area contributed by atoms with E-state index in [9.17, 15) is 9.59 Å². The summed E-state index contributed by atoms with van der Waals surface area (Å²) in [5, 5.41) is 5.16. The predicted molar refractivity (Wildman–Crippen MR) is 139 cm³/mol. The first-order valence-corrected chi connectivity index (χ1v) is 11.8. The molecule has 8 nitrogen and oxygen atoms in total. The van der Waals surface area contributed by atoms with Gasteiger partial charge in [-0.2, -0.15) is 5.10 Å². The summed E-state index contributed by atoms with van der Waals surface area (Å²) < 4.78 is 22.3. The van der Waals surface area contributed by atoms with Crippen molar-refractivity contribution < 1.29 is 28.5 Å². The number of rotatable bonds is 8. The molecule has 0 atom stereocenters. The van der Waals surface area contributed by atoms with E-state index in [-0.39, 0.29) is 11.3 Å². The Balaban J connectivity index is 1.51. The molecule has 1 N–H and O–H groups in total. The minimum Gasteiger partial charge on any atom is -0.493 e. The van der Waals surface area contributed by atoms with Crippen molar-refractivity contribution in [2.75, 3.05) is 21.3 Å². The van der Waals surface area contributed by atoms with Crippen LogP contribution in [-0.2, 0) is 0 Å². The summed E-state index contributed by atoms with van der Waals surface area (Å²) in [5.41, 5.74) is 3.18. The number of hydrogen-bond donors (Lipinski definition) is 1. The largest absolute Gasteiger partial charge is 0.493 e. The van der Waals surface area contributed by atoms with Crippen LogP contribution in [0.2, 0.25) is 5.02 Å². The Morgan fingerprint density at radius 1 is 0.917 bits per heavy atom. The molecule has 0 saturated heterocycles. The number of para-hydroxylation sites is 1. The number of nitrogens with one attached hydrogen (secondary N) is 1. The summed E-state index contributed by atoms with van der Waals surface area (Å²) in [7, 11) is 4.39. The van der Waals surface area contributed by atoms with E-state index in [2.05, 4.69) is 10.5 Å². The summed E-state index contributed by atoms with van der Waals surface area (Å²) >= 11 is 7.67. The average molecular weight is 525 g/mol. The Morgan fingerprint density at radius 2 is 1.58 bits per heavy atom. The molecule has 0 unspecified atom stereocenters. The highest BCUT2D eigenvalue weighted by Crippen LogP contribution is 2.38. The number of ether oxygens (including phenoxy) is 4. The molecular weight excluding hydrogens is 504 g/mol. The molecule has 10 heteroatoms. The molecule has 0 fully saturated rings. The van der Waals surface area contributed by atoms with E-state index < -0.39 is 11.9 Å². The number of fused-ring (bicyclic) bond motifs is 1. The maximum Gasteiger partial charge on any atom is 0.355 e. The van der Waals surface area contributed by atoms with Gasteiger partial charge in [-0.3, -0.25) is 4.79 Å². The minimum absolute atomic E-state index is 0.251. The van der Waals surface area contributed by atoms with Crippen LogP contribution in [0.5, 0.6) is 23.0 Å². The van der Waals surface area contributed by atoms with E-state index in [1.54, 1.807) is 24.3 Å². The van der Waals surface area contributed by atoms with Crippen molar-refractivity contribution in [3.8, 4) is 23.0 Å². The van der Waals surface area contributed by atoms with Gasteiger partial charge >= 0.3 is 5.97 Å². The van der Waals surface area contributed by atoms with Crippen molar-refractivity contribution in [1.82, 2.24) is 5.43 Å². The molecule has 0 saturated carbocycles. The van der Waals surface area contributed by atoms with Crippen molar-refractivity contribution in [2.24, 2.45) is 5.10 Å². The summed E-state index contributed by atoms with van der Waals surface area (Å²) in [6.45, 7) is 0. The third-order valence-electron chi connectivity index (χ3n) is 5.14. The smallest absolute Gasteiger partial charge is 0.355 e. The number of amides is 1. The predicted octanol–water partition coefficient (Wildman–Crippen LogP) is 5.56. The van der Waals surface area contributed by atoms with E-state index in [0.29, 0.717) is 32.7 Å². The molecule has 0 spiro atoms. The van der Waals surface area contributed by atoms with Crippen molar-refractivity contribution in [3.63, 3.8) is 0 Å². The quantitative estimate of drug-likeness (QED) is 0.140. The highest BCUT2D eigenvalue weighted by Gasteiger charge is 2.20. The van der Waals surface area contributed by atoms with Gasteiger partial charge in [-0.25, -0.2) is 10.2 Å². The van der Waals surface area contributed by atoms with Gasteiger partial charge in [0.1, 0.15) is 10.6 Å². The van der Waals surface area contributed by atoms with Crippen LogP contribution in [0, 0.1) is 0 Å². The summed E-state index contributed by atoms with van der Waals surface area (Å²) in [6, 6.07) is 17.3. The van der Waals surface area contributed by atoms with Gasteiger partial charge in [-0.1, -0.05) is 41.9 Å². The van der Waals surface area contributed by atoms with Gasteiger partial charge in [0.05, 0.1) is 32.6 Å². The first-order valence-electron chi connectivity index (χ1n) is 10.6. The molecular formula is C26H21ClN2O6S. The maximum atomic E-state index is 12.9. The van der Waals surface area contributed by atoms with Gasteiger partial charge in [0.15, 0.2) is 11.5 Å². The van der Waals surface area contributed by atoms with E-state index in [0.717, 1.165) is 10.1 Å². The van der Waals surface area contributed by atoms with Crippen molar-refractivity contribution in [3.05, 3.63) is 81.7 Å². The van der Waals surface area contributed by atoms with Crippen molar-refractivity contribution >= 4 is 51.1 Å². The molecule has 36 heavy (non-hydrogen) atoms. The monoisotopic (exact) mass is 524 g/mol. The van der Waals surface area contributed by atoms with Crippen LogP contribution >= 0.6 is 22.9 Å². The molecule has 1 heterocycles. The van der Waals surface area contributed by atoms with E-state index in [4.69, 9.17) is 30.5 Å². The molecule has 0 aliphatic carbocycles. The number of carbonyl (C=O) groups excluding carboxylic acids is 2. The third-order valence-corrected chi connectivity index (χ3v) is 6.79. The lowest BCUT2D eigenvalue weighted by atomic mass is 10.1. The van der Waals surface area contributed by atoms with Crippen LogP contribution in [0.4, 0.5) is 0 Å². The zero-order valence-electron chi connectivity index (χ0n) is 19.5. The number of thiophene rings is 1. The van der Waals surface area contributed by atoms with Gasteiger partial charge in [-0.05, 0) is 30.3 Å². The second kappa shape index (κ2) is 11.1. The summed E-state index contributed by atoms with van der Waals surface area (Å²) in [4.78, 5) is 25.8. The van der Waals surface area contributed by atoms with E-state index in [1.807, 2.05) is 24.3 Å². The van der Waals surface area contributed by atoms with Gasteiger partial charge in [-0.15, -0.1) is 11.3 Å². The number of nitrogens with zero attached hydrogens (tertiary/aromatic N) is 1. The highest BCUT2D eigenvalue weighted by molar-refractivity contribution is 7.21. The van der Waals surface area contributed by atoms with Crippen LogP contribution < -0.4 is 24.4 Å². The highest BCUT2D eigenvalue weighted by atomic mass is 35.5. The fraction of sp³-hybridized carbons (Fsp3) is 0.115. The van der Waals surface area contributed by atoms with Crippen LogP contribution in [-0.4, -0.2) is 39.4 Å². The normalized spacial score (nSPS) is 10.9. The van der Waals surface area contributed by atoms with Crippen LogP contribution in [0.3, 0.4) is 0 Å². The van der Waals surface area contributed by atoms with Crippen LogP contribution in [0.15, 0.2) is 65.8 Å². The molecule has 4 rings (SSSR count). The molecule has 4 aromatic rings. The first-order chi connectivity index (χ1) is 17.5. The fourth-order valence-corrected chi connectivity index (χ4v) is 4.79. The standard InChI is InChI=1S/C26H21ClN2O6S/c1-32-19-12-16(13-20(33-2)23(19)34-3)25(30)29-28-14-15-8-4-6-10-18(15)35-26(31)24-22(27)17-9-5-7-11-21(17)36-24/h4-14H,1-3H3,(H,29,30). The average Bonchev–Trinajstić information content (AvgIpc) is 3.25. The number of esters is 1. The van der Waals surface area contributed by atoms with Gasteiger partial charge in [0, 0.05) is 21.2 Å². The Labute approximate surface area is 216 Å². The molecule has 184 valence electrons. The second-order valence-corrected chi connectivity index (χ2v) is 8.71. The first kappa shape index (κ1) is 25.0. The van der Waals surface area contributed by atoms with E-state index in [1.165, 1.54) is 51.0 Å². The molecule has 1 aromatic heterocycles. The summed E-state index contributed by atoms with van der Waals surface area (Å²) in [6.07, 6.45) is 1.38. The zero-order valence-corrected chi connectivity index (χ0v) is 21.1. The molecule has 0 aliphatic heterocycles. The molecule has 0 aliphatic rings. The SMILES string of the molecule is COc1cc(C(=O)NN=Cc2ccccc2OC(=O)c2sc3ccccc3c2Cl)cc(OC)c1OC. The molecule has 3 aromatic carbocycles. The number of hydrazone groups is 1. The van der Waals surface area contributed by atoms with Gasteiger partial charge in [0.25, 0.3) is 5.91 Å². The minimum atomic E-state index is -0.580. The number of carbonyl (C=O) groups is 2. The van der Waals surface area contributed by atoms with Gasteiger partial charge < -0.3 is 18.9 Å². The Morgan fingerprint density at radius 3 is 2.25 bits per heavy atom. The lowest BCUT2D eigenvalue weighted by Gasteiger charge is -2.13. The van der Waals surface area contributed by atoms with Crippen molar-refractivity contribution in [2.45, 2.75) is 0 Å². The maximum absolute atomic E-state index is 12.9. The molecule has 0 radical (unpaired) electrons. The number of methoxy groups -OCH3 is 3. The number of hydrogen-bond acceptors (Lipinski definition) is 8. The zero-order chi connectivity index (χ0) is 25.7. The van der Waals surface area contributed by atoms with Crippen LogP contribution in [0.1, 0.15) is 25.6 Å². The number of halogens is 1. The van der Waals surface area contributed by atoms with Crippen molar-refractivity contribution in [1.29, 1.82) is 0 Å². The molecule has 1 amide bonds. The van der Waals surface area contributed by atoms with E-state index >= 15 is 0 Å². The lowest BCUT2D eigenvalue weighted by molar-refractivity contribution is 0.0739. The number of benzene rings is 3. The van der Waals surface area contributed by atoms with Crippen LogP contribution in [0.25, 0.3) is 10.1 Å². The second-order valence-electron chi connectivity index (χ2n) is 7.28.